The first-order valence-electron chi connectivity index (χ1n) is 16.7. The second-order valence-electron chi connectivity index (χ2n) is 13.5. The monoisotopic (exact) mass is 665 g/mol. The summed E-state index contributed by atoms with van der Waals surface area (Å²) in [5.41, 5.74) is 2.77. The maximum absolute atomic E-state index is 14.3. The molecule has 2 aliphatic carbocycles. The Bertz CT molecular complexity index is 1050. The number of nitrogens with one attached hydrogen (secondary N) is 2. The molecule has 262 valence electrons. The summed E-state index contributed by atoms with van der Waals surface area (Å²) in [5, 5.41) is 20.2. The Kier molecular flexibility index (Phi) is 16.1. The zero-order valence-electron chi connectivity index (χ0n) is 27.7. The molecule has 2 aliphatic rings. The van der Waals surface area contributed by atoms with E-state index in [1.54, 1.807) is 11.8 Å². The number of carbonyl (C=O) groups is 3. The van der Waals surface area contributed by atoms with E-state index in [9.17, 15) is 36.7 Å². The molecule has 0 aromatic heterocycles. The minimum absolute atomic E-state index is 0.0246. The third-order valence-electron chi connectivity index (χ3n) is 8.88. The SMILES string of the molecule is CCCN(CCC)C(=O)C1CC(C(=O)NC(CC2CC(F)CC(F)C2)C(O)CN(CC)NC(=O)CC(C)C)CC(S(N)(=O)=O)C1. The predicted molar refractivity (Wildman–Crippen MR) is 169 cm³/mol. The van der Waals surface area contributed by atoms with Crippen molar-refractivity contribution in [1.29, 1.82) is 0 Å². The van der Waals surface area contributed by atoms with Gasteiger partial charge in [-0.25, -0.2) is 27.3 Å². The lowest BCUT2D eigenvalue weighted by atomic mass is 9.79. The molecule has 3 amide bonds. The van der Waals surface area contributed by atoms with Crippen molar-refractivity contribution >= 4 is 27.7 Å². The van der Waals surface area contributed by atoms with Gasteiger partial charge in [0.25, 0.3) is 0 Å². The van der Waals surface area contributed by atoms with Crippen LogP contribution >= 0.6 is 0 Å². The van der Waals surface area contributed by atoms with Gasteiger partial charge in [-0.1, -0.05) is 34.6 Å². The van der Waals surface area contributed by atoms with Crippen LogP contribution in [0.2, 0.25) is 0 Å². The Labute approximate surface area is 268 Å². The maximum Gasteiger partial charge on any atom is 0.234 e. The summed E-state index contributed by atoms with van der Waals surface area (Å²) in [6.07, 6.45) is -1.95. The summed E-state index contributed by atoms with van der Waals surface area (Å²) in [6, 6.07) is -0.934. The van der Waals surface area contributed by atoms with E-state index in [4.69, 9.17) is 5.14 Å². The molecular weight excluding hydrogens is 608 g/mol. The number of nitrogens with two attached hydrogens (primary N) is 1. The molecule has 0 bridgehead atoms. The van der Waals surface area contributed by atoms with E-state index < -0.39 is 63.4 Å². The van der Waals surface area contributed by atoms with Gasteiger partial charge in [0.05, 0.1) is 17.4 Å². The molecule has 0 aromatic rings. The van der Waals surface area contributed by atoms with Gasteiger partial charge in [0, 0.05) is 50.9 Å². The number of hydrogen-bond donors (Lipinski definition) is 4. The largest absolute Gasteiger partial charge is 0.390 e. The fraction of sp³-hybridized carbons (Fsp3) is 0.903. The number of rotatable bonds is 17. The molecule has 14 heteroatoms. The zero-order valence-corrected chi connectivity index (χ0v) is 28.5. The first-order chi connectivity index (χ1) is 21.1. The third-order valence-corrected chi connectivity index (χ3v) is 10.2. The molecule has 2 rings (SSSR count). The van der Waals surface area contributed by atoms with Crippen molar-refractivity contribution in [2.24, 2.45) is 28.8 Å². The summed E-state index contributed by atoms with van der Waals surface area (Å²) < 4.78 is 53.6. The van der Waals surface area contributed by atoms with Crippen LogP contribution in [0.5, 0.6) is 0 Å². The quantitative estimate of drug-likeness (QED) is 0.174. The third kappa shape index (κ3) is 13.0. The lowest BCUT2D eigenvalue weighted by Gasteiger charge is -2.37. The molecule has 0 spiro atoms. The van der Waals surface area contributed by atoms with Crippen LogP contribution in [0.25, 0.3) is 0 Å². The molecule has 0 radical (unpaired) electrons. The molecular formula is C31H57F2N5O6S. The Balaban J connectivity index is 2.29. The predicted octanol–water partition coefficient (Wildman–Crippen LogP) is 2.82. The summed E-state index contributed by atoms with van der Waals surface area (Å²) in [7, 11) is -4.06. The molecule has 2 saturated carbocycles. The normalized spacial score (nSPS) is 27.2. The summed E-state index contributed by atoms with van der Waals surface area (Å²) >= 11 is 0. The minimum Gasteiger partial charge on any atom is -0.390 e. The number of alkyl halides is 2. The average Bonchev–Trinajstić information content (AvgIpc) is 2.94. The highest BCUT2D eigenvalue weighted by Gasteiger charge is 2.42. The highest BCUT2D eigenvalue weighted by Crippen LogP contribution is 2.35. The number of nitrogens with zero attached hydrogens (tertiary/aromatic N) is 2. The van der Waals surface area contributed by atoms with Crippen molar-refractivity contribution in [2.45, 2.75) is 129 Å². The van der Waals surface area contributed by atoms with Crippen LogP contribution in [0.1, 0.15) is 98.8 Å². The molecule has 0 heterocycles. The number of halogens is 2. The Morgan fingerprint density at radius 2 is 1.51 bits per heavy atom. The molecule has 5 N–H and O–H groups in total. The highest BCUT2D eigenvalue weighted by atomic mass is 32.2. The lowest BCUT2D eigenvalue weighted by Crippen LogP contribution is -2.55. The number of amides is 3. The Morgan fingerprint density at radius 1 is 0.933 bits per heavy atom. The van der Waals surface area contributed by atoms with Gasteiger partial charge in [-0.2, -0.15) is 0 Å². The van der Waals surface area contributed by atoms with Gasteiger partial charge in [-0.15, -0.1) is 0 Å². The fourth-order valence-electron chi connectivity index (χ4n) is 6.73. The fourth-order valence-corrected chi connectivity index (χ4v) is 7.74. The number of aliphatic hydroxyl groups is 1. The van der Waals surface area contributed by atoms with E-state index in [0.29, 0.717) is 19.6 Å². The standard InChI is InChI=1S/C31H57F2N5O6S/c1-6-9-37(10-7-2)31(42)23-15-22(16-26(17-23)45(34,43)44)30(41)35-27(14-21-12-24(32)18-25(33)13-21)28(39)19-38(8-3)36-29(40)11-20(4)5/h20-28,39H,6-19H2,1-5H3,(H,35,41)(H,36,40)(H2,34,43,44). The van der Waals surface area contributed by atoms with Crippen molar-refractivity contribution < 1.29 is 36.7 Å². The van der Waals surface area contributed by atoms with Gasteiger partial charge in [-0.3, -0.25) is 19.8 Å². The van der Waals surface area contributed by atoms with Crippen LogP contribution in [-0.2, 0) is 24.4 Å². The second-order valence-corrected chi connectivity index (χ2v) is 15.3. The van der Waals surface area contributed by atoms with Crippen molar-refractivity contribution in [3.8, 4) is 0 Å². The summed E-state index contributed by atoms with van der Waals surface area (Å²) in [6.45, 7) is 10.9. The van der Waals surface area contributed by atoms with Crippen LogP contribution in [0, 0.1) is 23.7 Å². The van der Waals surface area contributed by atoms with Gasteiger partial charge >= 0.3 is 0 Å². The zero-order chi connectivity index (χ0) is 33.9. The molecule has 0 saturated heterocycles. The molecule has 2 fully saturated rings. The van der Waals surface area contributed by atoms with Gasteiger partial charge in [0.1, 0.15) is 12.3 Å². The summed E-state index contributed by atoms with van der Waals surface area (Å²) in [5.74, 6) is -2.88. The number of hydrogen-bond acceptors (Lipinski definition) is 7. The number of hydrazine groups is 1. The summed E-state index contributed by atoms with van der Waals surface area (Å²) in [4.78, 5) is 41.4. The van der Waals surface area contributed by atoms with Gasteiger partial charge in [-0.05, 0) is 63.2 Å². The smallest absolute Gasteiger partial charge is 0.234 e. The Morgan fingerprint density at radius 3 is 2.02 bits per heavy atom. The van der Waals surface area contributed by atoms with Crippen LogP contribution in [0.15, 0.2) is 0 Å². The van der Waals surface area contributed by atoms with E-state index in [1.807, 2.05) is 27.7 Å². The van der Waals surface area contributed by atoms with Crippen LogP contribution < -0.4 is 15.9 Å². The first-order valence-corrected chi connectivity index (χ1v) is 18.3. The maximum atomic E-state index is 14.3. The number of likely N-dealkylation sites (N-methyl/N-ethyl adjacent to an activating group) is 1. The van der Waals surface area contributed by atoms with E-state index in [-0.39, 0.29) is 75.6 Å². The van der Waals surface area contributed by atoms with E-state index >= 15 is 0 Å². The number of carbonyl (C=O) groups excluding carboxylic acids is 3. The van der Waals surface area contributed by atoms with Crippen molar-refractivity contribution in [2.75, 3.05) is 26.2 Å². The van der Waals surface area contributed by atoms with Crippen LogP contribution in [0.4, 0.5) is 8.78 Å². The number of aliphatic hydroxyl groups excluding tert-OH is 1. The molecule has 0 aliphatic heterocycles. The second kappa shape index (κ2) is 18.4. The average molecular weight is 666 g/mol. The topological polar surface area (TPSA) is 162 Å². The molecule has 7 unspecified atom stereocenters. The highest BCUT2D eigenvalue weighted by molar-refractivity contribution is 7.89. The Hall–Kier alpha value is -1.90. The van der Waals surface area contributed by atoms with Crippen molar-refractivity contribution in [3.63, 3.8) is 0 Å². The number of primary sulfonamides is 1. The number of sulfonamides is 1. The van der Waals surface area contributed by atoms with Gasteiger partial charge < -0.3 is 15.3 Å². The molecule has 45 heavy (non-hydrogen) atoms. The molecule has 0 aromatic carbocycles. The van der Waals surface area contributed by atoms with Crippen LogP contribution in [0.3, 0.4) is 0 Å². The first kappa shape index (κ1) is 39.3. The van der Waals surface area contributed by atoms with E-state index in [2.05, 4.69) is 10.7 Å². The minimum atomic E-state index is -4.06. The van der Waals surface area contributed by atoms with Gasteiger partial charge in [0.2, 0.25) is 27.7 Å². The lowest BCUT2D eigenvalue weighted by molar-refractivity contribution is -0.138. The van der Waals surface area contributed by atoms with Crippen molar-refractivity contribution in [1.82, 2.24) is 20.7 Å². The van der Waals surface area contributed by atoms with E-state index in [1.165, 1.54) is 5.01 Å². The van der Waals surface area contributed by atoms with Crippen LogP contribution in [-0.4, -0.2) is 97.1 Å². The van der Waals surface area contributed by atoms with Gasteiger partial charge in [0.15, 0.2) is 0 Å². The van der Waals surface area contributed by atoms with E-state index in [0.717, 1.165) is 12.8 Å². The molecule has 11 nitrogen and oxygen atoms in total. The van der Waals surface area contributed by atoms with Crippen molar-refractivity contribution in [3.05, 3.63) is 0 Å². The molecule has 7 atom stereocenters.